The summed E-state index contributed by atoms with van der Waals surface area (Å²) in [5.41, 5.74) is 3.86. The molecule has 1 saturated carbocycles. The second kappa shape index (κ2) is 4.78. The van der Waals surface area contributed by atoms with E-state index in [1.54, 1.807) is 0 Å². The van der Waals surface area contributed by atoms with Gasteiger partial charge in [-0.05, 0) is 33.6 Å². The smallest absolute Gasteiger partial charge is 0.0641 e. The van der Waals surface area contributed by atoms with Gasteiger partial charge in [-0.3, -0.25) is 4.68 Å². The third-order valence-corrected chi connectivity index (χ3v) is 3.93. The van der Waals surface area contributed by atoms with Crippen LogP contribution in [0.5, 0.6) is 0 Å². The Labute approximate surface area is 103 Å². The first-order valence-electron chi connectivity index (χ1n) is 6.46. The Morgan fingerprint density at radius 2 is 2.12 bits per heavy atom. The van der Waals surface area contributed by atoms with E-state index in [2.05, 4.69) is 31.2 Å². The fraction of sp³-hybridized carbons (Fsp3) is 0.769. The van der Waals surface area contributed by atoms with Crippen LogP contribution in [0.15, 0.2) is 0 Å². The zero-order chi connectivity index (χ0) is 12.5. The lowest BCUT2D eigenvalue weighted by Gasteiger charge is -2.12. The molecule has 0 atom stereocenters. The van der Waals surface area contributed by atoms with Crippen molar-refractivity contribution in [2.45, 2.75) is 46.7 Å². The molecule has 1 fully saturated rings. The summed E-state index contributed by atoms with van der Waals surface area (Å²) >= 11 is 0. The van der Waals surface area contributed by atoms with E-state index in [9.17, 15) is 5.11 Å². The van der Waals surface area contributed by atoms with Crippen LogP contribution in [0.1, 0.15) is 36.7 Å². The van der Waals surface area contributed by atoms with E-state index in [0.29, 0.717) is 6.61 Å². The summed E-state index contributed by atoms with van der Waals surface area (Å²) < 4.78 is 2.05. The number of nitrogens with zero attached hydrogens (tertiary/aromatic N) is 2. The van der Waals surface area contributed by atoms with Gasteiger partial charge < -0.3 is 10.4 Å². The molecule has 1 aromatic heterocycles. The predicted molar refractivity (Wildman–Crippen MR) is 67.8 cm³/mol. The van der Waals surface area contributed by atoms with E-state index in [1.165, 1.54) is 11.3 Å². The van der Waals surface area contributed by atoms with E-state index in [-0.39, 0.29) is 5.41 Å². The molecule has 0 spiro atoms. The molecule has 0 bridgehead atoms. The Balaban J connectivity index is 1.92. The first-order valence-corrected chi connectivity index (χ1v) is 6.46. The van der Waals surface area contributed by atoms with Crippen LogP contribution in [0, 0.1) is 19.3 Å². The molecule has 1 heterocycles. The SMILES string of the molecule is CCn1nc(C)c(CNCC2(CO)CC2)c1C. The quantitative estimate of drug-likeness (QED) is 0.786. The van der Waals surface area contributed by atoms with Gasteiger partial charge in [-0.15, -0.1) is 0 Å². The molecule has 1 aliphatic rings. The molecule has 0 unspecified atom stereocenters. The monoisotopic (exact) mass is 237 g/mol. The van der Waals surface area contributed by atoms with Crippen molar-refractivity contribution in [1.29, 1.82) is 0 Å². The Kier molecular flexibility index (Phi) is 3.54. The fourth-order valence-corrected chi connectivity index (χ4v) is 2.32. The highest BCUT2D eigenvalue weighted by Gasteiger charge is 2.41. The molecule has 0 saturated heterocycles. The number of hydrogen-bond donors (Lipinski definition) is 2. The number of aliphatic hydroxyl groups excluding tert-OH is 1. The second-order valence-electron chi connectivity index (χ2n) is 5.23. The van der Waals surface area contributed by atoms with Crippen LogP contribution in [0.3, 0.4) is 0 Å². The van der Waals surface area contributed by atoms with E-state index in [1.807, 2.05) is 4.68 Å². The molecule has 0 aromatic carbocycles. The second-order valence-corrected chi connectivity index (χ2v) is 5.23. The van der Waals surface area contributed by atoms with E-state index in [0.717, 1.165) is 38.2 Å². The Hall–Kier alpha value is -0.870. The molecular formula is C13H23N3O. The zero-order valence-corrected chi connectivity index (χ0v) is 11.1. The van der Waals surface area contributed by atoms with Gasteiger partial charge in [0.25, 0.3) is 0 Å². The van der Waals surface area contributed by atoms with E-state index in [4.69, 9.17) is 0 Å². The van der Waals surface area contributed by atoms with Crippen LogP contribution in [0.4, 0.5) is 0 Å². The van der Waals surface area contributed by atoms with Crippen molar-refractivity contribution in [2.24, 2.45) is 5.41 Å². The summed E-state index contributed by atoms with van der Waals surface area (Å²) in [6.07, 6.45) is 2.31. The third-order valence-electron chi connectivity index (χ3n) is 3.93. The summed E-state index contributed by atoms with van der Waals surface area (Å²) in [5, 5.41) is 17.2. The minimum Gasteiger partial charge on any atom is -0.396 e. The van der Waals surface area contributed by atoms with Gasteiger partial charge in [-0.2, -0.15) is 5.10 Å². The first-order chi connectivity index (χ1) is 8.12. The minimum absolute atomic E-state index is 0.183. The lowest BCUT2D eigenvalue weighted by Crippen LogP contribution is -2.26. The zero-order valence-electron chi connectivity index (χ0n) is 11.1. The topological polar surface area (TPSA) is 50.1 Å². The van der Waals surface area contributed by atoms with Crippen LogP contribution >= 0.6 is 0 Å². The molecule has 4 heteroatoms. The number of rotatable bonds is 6. The highest BCUT2D eigenvalue weighted by molar-refractivity contribution is 5.24. The van der Waals surface area contributed by atoms with Gasteiger partial charge in [-0.25, -0.2) is 0 Å². The van der Waals surface area contributed by atoms with Crippen molar-refractivity contribution in [2.75, 3.05) is 13.2 Å². The largest absolute Gasteiger partial charge is 0.396 e. The maximum atomic E-state index is 9.25. The van der Waals surface area contributed by atoms with Crippen LogP contribution in [-0.4, -0.2) is 28.0 Å². The highest BCUT2D eigenvalue weighted by atomic mass is 16.3. The minimum atomic E-state index is 0.183. The lowest BCUT2D eigenvalue weighted by molar-refractivity contribution is 0.207. The lowest BCUT2D eigenvalue weighted by atomic mass is 10.1. The van der Waals surface area contributed by atoms with E-state index >= 15 is 0 Å². The Bertz CT molecular complexity index is 394. The molecule has 0 radical (unpaired) electrons. The highest BCUT2D eigenvalue weighted by Crippen LogP contribution is 2.44. The average molecular weight is 237 g/mol. The average Bonchev–Trinajstić information content (AvgIpc) is 3.05. The molecule has 4 nitrogen and oxygen atoms in total. The van der Waals surface area contributed by atoms with Crippen molar-refractivity contribution >= 4 is 0 Å². The van der Waals surface area contributed by atoms with Crippen LogP contribution in [-0.2, 0) is 13.1 Å². The maximum absolute atomic E-state index is 9.25. The molecular weight excluding hydrogens is 214 g/mol. The molecule has 2 N–H and O–H groups in total. The summed E-state index contributed by atoms with van der Waals surface area (Å²) in [6, 6.07) is 0. The van der Waals surface area contributed by atoms with Crippen molar-refractivity contribution in [1.82, 2.24) is 15.1 Å². The normalized spacial score (nSPS) is 17.4. The number of aliphatic hydroxyl groups is 1. The first kappa shape index (κ1) is 12.6. The van der Waals surface area contributed by atoms with Crippen molar-refractivity contribution in [3.05, 3.63) is 17.0 Å². The number of aryl methyl sites for hydroxylation is 2. The summed E-state index contributed by atoms with van der Waals surface area (Å²) in [5.74, 6) is 0. The fourth-order valence-electron chi connectivity index (χ4n) is 2.32. The van der Waals surface area contributed by atoms with Gasteiger partial charge in [-0.1, -0.05) is 0 Å². The van der Waals surface area contributed by atoms with Gasteiger partial charge in [0, 0.05) is 42.9 Å². The number of aromatic nitrogens is 2. The van der Waals surface area contributed by atoms with Gasteiger partial charge in [0.2, 0.25) is 0 Å². The summed E-state index contributed by atoms with van der Waals surface area (Å²) in [6.45, 7) is 9.31. The standard InChI is InChI=1S/C13H23N3O/c1-4-16-11(3)12(10(2)15-16)7-14-8-13(9-17)5-6-13/h14,17H,4-9H2,1-3H3. The van der Waals surface area contributed by atoms with Crippen molar-refractivity contribution < 1.29 is 5.11 Å². The molecule has 17 heavy (non-hydrogen) atoms. The van der Waals surface area contributed by atoms with Gasteiger partial charge >= 0.3 is 0 Å². The maximum Gasteiger partial charge on any atom is 0.0641 e. The molecule has 1 aromatic rings. The predicted octanol–water partition coefficient (Wildman–Crippen LogP) is 1.38. The Morgan fingerprint density at radius 3 is 2.59 bits per heavy atom. The van der Waals surface area contributed by atoms with Crippen molar-refractivity contribution in [3.63, 3.8) is 0 Å². The van der Waals surface area contributed by atoms with Crippen LogP contribution < -0.4 is 5.32 Å². The molecule has 1 aliphatic carbocycles. The summed E-state index contributed by atoms with van der Waals surface area (Å²) in [4.78, 5) is 0. The number of nitrogens with one attached hydrogen (secondary N) is 1. The van der Waals surface area contributed by atoms with Gasteiger partial charge in [0.15, 0.2) is 0 Å². The van der Waals surface area contributed by atoms with Crippen molar-refractivity contribution in [3.8, 4) is 0 Å². The molecule has 0 amide bonds. The van der Waals surface area contributed by atoms with E-state index < -0.39 is 0 Å². The van der Waals surface area contributed by atoms with Crippen LogP contribution in [0.25, 0.3) is 0 Å². The Morgan fingerprint density at radius 1 is 1.41 bits per heavy atom. The van der Waals surface area contributed by atoms with Crippen LogP contribution in [0.2, 0.25) is 0 Å². The molecule has 96 valence electrons. The number of hydrogen-bond acceptors (Lipinski definition) is 3. The third kappa shape index (κ3) is 2.53. The van der Waals surface area contributed by atoms with Gasteiger partial charge in [0.1, 0.15) is 0 Å². The summed E-state index contributed by atoms with van der Waals surface area (Å²) in [7, 11) is 0. The van der Waals surface area contributed by atoms with Gasteiger partial charge in [0.05, 0.1) is 5.69 Å². The molecule has 0 aliphatic heterocycles. The molecule has 2 rings (SSSR count).